The lowest BCUT2D eigenvalue weighted by Crippen LogP contribution is -2.35. The standard InChI is InChI=1S/C15H18F5N/c1-21-14(13-11(16)6-3-7-12(13)17)9-4-2-5-10(8-9)15(18,19)20/h3,6-7,9-10,14,21H,2,4-5,8H2,1H3. The van der Waals surface area contributed by atoms with Crippen molar-refractivity contribution in [2.24, 2.45) is 11.8 Å². The van der Waals surface area contributed by atoms with E-state index in [2.05, 4.69) is 5.32 Å². The van der Waals surface area contributed by atoms with E-state index in [9.17, 15) is 22.0 Å². The highest BCUT2D eigenvalue weighted by Gasteiger charge is 2.44. The molecule has 0 aromatic heterocycles. The van der Waals surface area contributed by atoms with Crippen LogP contribution in [0.15, 0.2) is 18.2 Å². The molecule has 118 valence electrons. The maximum absolute atomic E-state index is 13.9. The van der Waals surface area contributed by atoms with Crippen LogP contribution >= 0.6 is 0 Å². The molecular weight excluding hydrogens is 289 g/mol. The van der Waals surface area contributed by atoms with Crippen LogP contribution in [0.1, 0.15) is 37.3 Å². The minimum absolute atomic E-state index is 0.0934. The summed E-state index contributed by atoms with van der Waals surface area (Å²) >= 11 is 0. The van der Waals surface area contributed by atoms with E-state index in [0.29, 0.717) is 12.8 Å². The molecule has 0 radical (unpaired) electrons. The van der Waals surface area contributed by atoms with E-state index < -0.39 is 35.7 Å². The van der Waals surface area contributed by atoms with Crippen molar-refractivity contribution >= 4 is 0 Å². The van der Waals surface area contributed by atoms with Gasteiger partial charge in [-0.05, 0) is 44.4 Å². The van der Waals surface area contributed by atoms with Gasteiger partial charge in [0.05, 0.1) is 5.92 Å². The molecular formula is C15H18F5N. The smallest absolute Gasteiger partial charge is 0.313 e. The number of rotatable bonds is 3. The third-order valence-corrected chi connectivity index (χ3v) is 4.27. The summed E-state index contributed by atoms with van der Waals surface area (Å²) in [4.78, 5) is 0. The fourth-order valence-corrected chi connectivity index (χ4v) is 3.25. The zero-order valence-electron chi connectivity index (χ0n) is 11.7. The van der Waals surface area contributed by atoms with Gasteiger partial charge in [0.1, 0.15) is 11.6 Å². The number of hydrogen-bond donors (Lipinski definition) is 1. The molecule has 0 heterocycles. The van der Waals surface area contributed by atoms with Gasteiger partial charge in [-0.15, -0.1) is 0 Å². The Morgan fingerprint density at radius 2 is 1.76 bits per heavy atom. The predicted octanol–water partition coefficient (Wildman–Crippen LogP) is 4.59. The quantitative estimate of drug-likeness (QED) is 0.805. The van der Waals surface area contributed by atoms with E-state index in [1.165, 1.54) is 13.1 Å². The highest BCUT2D eigenvalue weighted by atomic mass is 19.4. The van der Waals surface area contributed by atoms with Crippen molar-refractivity contribution in [2.75, 3.05) is 7.05 Å². The Balaban J connectivity index is 2.25. The van der Waals surface area contributed by atoms with Gasteiger partial charge in [0.15, 0.2) is 0 Å². The predicted molar refractivity (Wildman–Crippen MR) is 69.7 cm³/mol. The van der Waals surface area contributed by atoms with E-state index in [4.69, 9.17) is 0 Å². The summed E-state index contributed by atoms with van der Waals surface area (Å²) in [6.45, 7) is 0. The average Bonchev–Trinajstić information content (AvgIpc) is 2.42. The van der Waals surface area contributed by atoms with Crippen molar-refractivity contribution in [1.82, 2.24) is 5.32 Å². The Kier molecular flexibility index (Phi) is 4.86. The second kappa shape index (κ2) is 6.30. The first-order valence-electron chi connectivity index (χ1n) is 7.02. The second-order valence-corrected chi connectivity index (χ2v) is 5.57. The van der Waals surface area contributed by atoms with Crippen molar-refractivity contribution in [1.29, 1.82) is 0 Å². The molecule has 3 atom stereocenters. The largest absolute Gasteiger partial charge is 0.391 e. The molecule has 3 unspecified atom stereocenters. The fraction of sp³-hybridized carbons (Fsp3) is 0.600. The molecule has 1 N–H and O–H groups in total. The average molecular weight is 307 g/mol. The molecule has 1 aliphatic rings. The van der Waals surface area contributed by atoms with Crippen LogP contribution in [0.3, 0.4) is 0 Å². The summed E-state index contributed by atoms with van der Waals surface area (Å²) in [5.41, 5.74) is -0.159. The van der Waals surface area contributed by atoms with Gasteiger partial charge in [-0.2, -0.15) is 13.2 Å². The summed E-state index contributed by atoms with van der Waals surface area (Å²) in [5, 5.41) is 2.79. The molecule has 1 aliphatic carbocycles. The minimum atomic E-state index is -4.25. The van der Waals surface area contributed by atoms with E-state index in [1.54, 1.807) is 0 Å². The Morgan fingerprint density at radius 3 is 2.29 bits per heavy atom. The number of hydrogen-bond acceptors (Lipinski definition) is 1. The van der Waals surface area contributed by atoms with E-state index in [-0.39, 0.29) is 18.4 Å². The summed E-state index contributed by atoms with van der Waals surface area (Å²) in [6, 6.07) is 2.77. The second-order valence-electron chi connectivity index (χ2n) is 5.57. The van der Waals surface area contributed by atoms with Crippen molar-refractivity contribution in [3.63, 3.8) is 0 Å². The van der Waals surface area contributed by atoms with Gasteiger partial charge in [-0.25, -0.2) is 8.78 Å². The maximum Gasteiger partial charge on any atom is 0.391 e. The van der Waals surface area contributed by atoms with Crippen molar-refractivity contribution in [2.45, 2.75) is 37.9 Å². The van der Waals surface area contributed by atoms with Crippen LogP contribution in [-0.2, 0) is 0 Å². The monoisotopic (exact) mass is 307 g/mol. The van der Waals surface area contributed by atoms with Gasteiger partial charge in [0.2, 0.25) is 0 Å². The SMILES string of the molecule is CNC(c1c(F)cccc1F)C1CCCC(C(F)(F)F)C1. The molecule has 21 heavy (non-hydrogen) atoms. The molecule has 0 aliphatic heterocycles. The van der Waals surface area contributed by atoms with E-state index in [0.717, 1.165) is 12.1 Å². The van der Waals surface area contributed by atoms with Crippen molar-refractivity contribution < 1.29 is 22.0 Å². The molecule has 1 fully saturated rings. The van der Waals surface area contributed by atoms with Crippen molar-refractivity contribution in [3.8, 4) is 0 Å². The maximum atomic E-state index is 13.9. The zero-order valence-corrected chi connectivity index (χ0v) is 11.7. The highest BCUT2D eigenvalue weighted by molar-refractivity contribution is 5.24. The van der Waals surface area contributed by atoms with Gasteiger partial charge in [-0.3, -0.25) is 0 Å². The molecule has 2 rings (SSSR count). The van der Waals surface area contributed by atoms with E-state index in [1.807, 2.05) is 0 Å². The minimum Gasteiger partial charge on any atom is -0.313 e. The first kappa shape index (κ1) is 16.2. The third kappa shape index (κ3) is 3.54. The number of benzene rings is 1. The Hall–Kier alpha value is -1.17. The number of nitrogens with one attached hydrogen (secondary N) is 1. The van der Waals surface area contributed by atoms with Crippen LogP contribution in [0, 0.1) is 23.5 Å². The summed E-state index contributed by atoms with van der Waals surface area (Å²) < 4.78 is 66.4. The lowest BCUT2D eigenvalue weighted by molar-refractivity contribution is -0.186. The molecule has 0 bridgehead atoms. The molecule has 1 saturated carbocycles. The molecule has 0 spiro atoms. The van der Waals surface area contributed by atoms with Crippen LogP contribution in [0.2, 0.25) is 0 Å². The summed E-state index contributed by atoms with van der Waals surface area (Å²) in [6.07, 6.45) is -3.29. The fourth-order valence-electron chi connectivity index (χ4n) is 3.25. The molecule has 1 aromatic carbocycles. The zero-order chi connectivity index (χ0) is 15.6. The molecule has 0 amide bonds. The first-order valence-corrected chi connectivity index (χ1v) is 7.02. The molecule has 0 saturated heterocycles. The van der Waals surface area contributed by atoms with Gasteiger partial charge in [0.25, 0.3) is 0 Å². The van der Waals surface area contributed by atoms with Gasteiger partial charge < -0.3 is 5.32 Å². The van der Waals surface area contributed by atoms with Gasteiger partial charge in [0, 0.05) is 11.6 Å². The van der Waals surface area contributed by atoms with E-state index >= 15 is 0 Å². The summed E-state index contributed by atoms with van der Waals surface area (Å²) in [5.74, 6) is -3.25. The molecule has 1 aromatic rings. The van der Waals surface area contributed by atoms with Crippen LogP contribution in [0.4, 0.5) is 22.0 Å². The molecule has 1 nitrogen and oxygen atoms in total. The lowest BCUT2D eigenvalue weighted by atomic mass is 9.75. The van der Waals surface area contributed by atoms with Crippen molar-refractivity contribution in [3.05, 3.63) is 35.4 Å². The van der Waals surface area contributed by atoms with Crippen LogP contribution in [0.25, 0.3) is 0 Å². The highest BCUT2D eigenvalue weighted by Crippen LogP contribution is 2.44. The Bertz CT molecular complexity index is 465. The Morgan fingerprint density at radius 1 is 1.14 bits per heavy atom. The Labute approximate surface area is 120 Å². The third-order valence-electron chi connectivity index (χ3n) is 4.27. The normalized spacial score (nSPS) is 24.9. The van der Waals surface area contributed by atoms with Crippen LogP contribution < -0.4 is 5.32 Å². The van der Waals surface area contributed by atoms with Crippen LogP contribution in [0.5, 0.6) is 0 Å². The topological polar surface area (TPSA) is 12.0 Å². The first-order chi connectivity index (χ1) is 9.84. The van der Waals surface area contributed by atoms with Gasteiger partial charge in [-0.1, -0.05) is 12.5 Å². The van der Waals surface area contributed by atoms with Gasteiger partial charge >= 0.3 is 6.18 Å². The number of halogens is 5. The molecule has 6 heteroatoms. The van der Waals surface area contributed by atoms with Crippen LogP contribution in [-0.4, -0.2) is 13.2 Å². The lowest BCUT2D eigenvalue weighted by Gasteiger charge is -2.35. The summed E-state index contributed by atoms with van der Waals surface area (Å²) in [7, 11) is 1.52. The number of alkyl halides is 3.